The highest BCUT2D eigenvalue weighted by atomic mass is 35.5. The van der Waals surface area contributed by atoms with Crippen LogP contribution >= 0.6 is 22.9 Å². The summed E-state index contributed by atoms with van der Waals surface area (Å²) in [6.07, 6.45) is 0. The van der Waals surface area contributed by atoms with Crippen LogP contribution in [0.15, 0.2) is 33.1 Å². The number of hydrogen-bond donors (Lipinski definition) is 2. The molecule has 0 atom stereocenters. The van der Waals surface area contributed by atoms with Crippen LogP contribution in [0.25, 0.3) is 11.4 Å². The maximum atomic E-state index is 12.3. The minimum absolute atomic E-state index is 0.0522. The SMILES string of the molecule is CC(C)C(=O)Nc1nnc(S(=O)(=O)NCc2nc(-c3ccccc3Cl)no2)s1. The molecular formula is C15H15ClN6O4S2. The molecule has 3 aromatic rings. The average molecular weight is 443 g/mol. The predicted octanol–water partition coefficient (Wildman–Crippen LogP) is 2.31. The summed E-state index contributed by atoms with van der Waals surface area (Å²) in [5.74, 6) is -0.260. The molecule has 2 N–H and O–H groups in total. The van der Waals surface area contributed by atoms with E-state index in [2.05, 4.69) is 30.4 Å². The average Bonchev–Trinajstić information content (AvgIpc) is 3.30. The van der Waals surface area contributed by atoms with Crippen LogP contribution in [0.3, 0.4) is 0 Å². The third kappa shape index (κ3) is 4.70. The first-order valence-corrected chi connectivity index (χ1v) is 10.7. The van der Waals surface area contributed by atoms with Crippen molar-refractivity contribution in [2.45, 2.75) is 24.7 Å². The molecule has 0 saturated heterocycles. The summed E-state index contributed by atoms with van der Waals surface area (Å²) < 4.78 is 31.7. The van der Waals surface area contributed by atoms with Gasteiger partial charge in [-0.3, -0.25) is 4.79 Å². The van der Waals surface area contributed by atoms with Crippen molar-refractivity contribution in [2.75, 3.05) is 5.32 Å². The number of anilines is 1. The summed E-state index contributed by atoms with van der Waals surface area (Å²) in [5.41, 5.74) is 0.566. The van der Waals surface area contributed by atoms with Crippen molar-refractivity contribution in [2.24, 2.45) is 5.92 Å². The Morgan fingerprint density at radius 2 is 2.04 bits per heavy atom. The number of benzene rings is 1. The Balaban J connectivity index is 1.67. The summed E-state index contributed by atoms with van der Waals surface area (Å²) in [6.45, 7) is 3.17. The summed E-state index contributed by atoms with van der Waals surface area (Å²) in [4.78, 5) is 15.8. The second-order valence-electron chi connectivity index (χ2n) is 5.83. The van der Waals surface area contributed by atoms with E-state index in [9.17, 15) is 13.2 Å². The van der Waals surface area contributed by atoms with E-state index in [4.69, 9.17) is 16.1 Å². The Labute approximate surface area is 169 Å². The first-order chi connectivity index (χ1) is 13.3. The van der Waals surface area contributed by atoms with E-state index in [1.54, 1.807) is 38.1 Å². The maximum absolute atomic E-state index is 12.3. The molecule has 0 aliphatic carbocycles. The van der Waals surface area contributed by atoms with Crippen molar-refractivity contribution in [1.82, 2.24) is 25.1 Å². The highest BCUT2D eigenvalue weighted by Gasteiger charge is 2.22. The zero-order valence-electron chi connectivity index (χ0n) is 14.7. The van der Waals surface area contributed by atoms with E-state index in [-0.39, 0.29) is 39.6 Å². The fourth-order valence-electron chi connectivity index (χ4n) is 1.92. The monoisotopic (exact) mass is 442 g/mol. The summed E-state index contributed by atoms with van der Waals surface area (Å²) in [7, 11) is -3.97. The molecule has 2 aromatic heterocycles. The van der Waals surface area contributed by atoms with Crippen LogP contribution in [0.1, 0.15) is 19.7 Å². The van der Waals surface area contributed by atoms with Gasteiger partial charge in [0.05, 0.1) is 11.6 Å². The minimum Gasteiger partial charge on any atom is -0.338 e. The topological polar surface area (TPSA) is 140 Å². The Kier molecular flexibility index (Phi) is 6.03. The molecule has 1 aromatic carbocycles. The first-order valence-electron chi connectivity index (χ1n) is 7.98. The molecule has 0 spiro atoms. The number of rotatable bonds is 7. The molecule has 0 saturated carbocycles. The van der Waals surface area contributed by atoms with Gasteiger partial charge in [0.2, 0.25) is 27.1 Å². The van der Waals surface area contributed by atoms with Crippen molar-refractivity contribution in [3.8, 4) is 11.4 Å². The minimum atomic E-state index is -3.97. The van der Waals surface area contributed by atoms with Crippen LogP contribution in [0, 0.1) is 5.92 Å². The van der Waals surface area contributed by atoms with Gasteiger partial charge in [-0.1, -0.05) is 54.1 Å². The molecule has 148 valence electrons. The zero-order chi connectivity index (χ0) is 20.3. The van der Waals surface area contributed by atoms with E-state index in [0.29, 0.717) is 10.6 Å². The summed E-state index contributed by atoms with van der Waals surface area (Å²) >= 11 is 6.81. The largest absolute Gasteiger partial charge is 0.338 e. The second kappa shape index (κ2) is 8.31. The number of nitrogens with one attached hydrogen (secondary N) is 2. The van der Waals surface area contributed by atoms with Gasteiger partial charge in [0, 0.05) is 11.5 Å². The standard InChI is InChI=1S/C15H15ClN6O4S2/c1-8(2)13(23)19-14-20-21-15(27-14)28(24,25)17-7-11-18-12(22-26-11)9-5-3-4-6-10(9)16/h3-6,8,17H,7H2,1-2H3,(H,19,20,23). The lowest BCUT2D eigenvalue weighted by atomic mass is 10.2. The quantitative estimate of drug-likeness (QED) is 0.531. The molecule has 10 nitrogen and oxygen atoms in total. The maximum Gasteiger partial charge on any atom is 0.270 e. The molecule has 1 amide bonds. The van der Waals surface area contributed by atoms with Gasteiger partial charge >= 0.3 is 0 Å². The fourth-order valence-corrected chi connectivity index (χ4v) is 4.05. The second-order valence-corrected chi connectivity index (χ2v) is 9.16. The Bertz CT molecular complexity index is 1100. The van der Waals surface area contributed by atoms with E-state index < -0.39 is 10.0 Å². The predicted molar refractivity (Wildman–Crippen MR) is 102 cm³/mol. The molecule has 0 aliphatic rings. The van der Waals surface area contributed by atoms with Crippen molar-refractivity contribution >= 4 is 44.0 Å². The van der Waals surface area contributed by atoms with Crippen molar-refractivity contribution < 1.29 is 17.7 Å². The number of carbonyl (C=O) groups is 1. The highest BCUT2D eigenvalue weighted by Crippen LogP contribution is 2.25. The normalized spacial score (nSPS) is 11.7. The molecule has 0 radical (unpaired) electrons. The lowest BCUT2D eigenvalue weighted by Crippen LogP contribution is -2.23. The smallest absolute Gasteiger partial charge is 0.270 e. The summed E-state index contributed by atoms with van der Waals surface area (Å²) in [6, 6.07) is 6.93. The Hall–Kier alpha value is -2.41. The number of halogens is 1. The number of aromatic nitrogens is 4. The van der Waals surface area contributed by atoms with Crippen molar-refractivity contribution in [3.63, 3.8) is 0 Å². The first kappa shape index (κ1) is 20.3. The third-order valence-corrected chi connectivity index (χ3v) is 6.32. The molecule has 0 fully saturated rings. The molecule has 0 unspecified atom stereocenters. The van der Waals surface area contributed by atoms with Gasteiger partial charge in [-0.15, -0.1) is 10.2 Å². The molecule has 28 heavy (non-hydrogen) atoms. The van der Waals surface area contributed by atoms with Gasteiger partial charge in [0.15, 0.2) is 0 Å². The number of hydrogen-bond acceptors (Lipinski definition) is 9. The van der Waals surface area contributed by atoms with E-state index in [1.165, 1.54) is 0 Å². The molecular weight excluding hydrogens is 428 g/mol. The number of nitrogens with zero attached hydrogens (tertiary/aromatic N) is 4. The van der Waals surface area contributed by atoms with Crippen LogP contribution < -0.4 is 10.0 Å². The van der Waals surface area contributed by atoms with Crippen LogP contribution in [0.5, 0.6) is 0 Å². The van der Waals surface area contributed by atoms with E-state index in [0.717, 1.165) is 11.3 Å². The van der Waals surface area contributed by atoms with E-state index >= 15 is 0 Å². The van der Waals surface area contributed by atoms with Gasteiger partial charge in [-0.05, 0) is 12.1 Å². The molecule has 0 aliphatic heterocycles. The fraction of sp³-hybridized carbons (Fsp3) is 0.267. The number of sulfonamides is 1. The summed E-state index contributed by atoms with van der Waals surface area (Å²) in [5, 5.41) is 14.1. The molecule has 2 heterocycles. The van der Waals surface area contributed by atoms with Gasteiger partial charge < -0.3 is 9.84 Å². The zero-order valence-corrected chi connectivity index (χ0v) is 17.1. The van der Waals surface area contributed by atoms with Gasteiger partial charge in [-0.2, -0.15) is 9.71 Å². The molecule has 0 bridgehead atoms. The van der Waals surface area contributed by atoms with E-state index in [1.807, 2.05) is 0 Å². The molecule has 3 rings (SSSR count). The van der Waals surface area contributed by atoms with Crippen molar-refractivity contribution in [3.05, 3.63) is 35.2 Å². The van der Waals surface area contributed by atoms with Crippen LogP contribution in [0.2, 0.25) is 5.02 Å². The van der Waals surface area contributed by atoms with Crippen LogP contribution in [0.4, 0.5) is 5.13 Å². The Morgan fingerprint density at radius 3 is 2.75 bits per heavy atom. The lowest BCUT2D eigenvalue weighted by molar-refractivity contribution is -0.118. The van der Waals surface area contributed by atoms with Gasteiger partial charge in [0.25, 0.3) is 10.0 Å². The molecule has 13 heteroatoms. The number of amides is 1. The van der Waals surface area contributed by atoms with Crippen LogP contribution in [-0.4, -0.2) is 34.7 Å². The number of carbonyl (C=O) groups excluding carboxylic acids is 1. The third-order valence-electron chi connectivity index (χ3n) is 3.39. The van der Waals surface area contributed by atoms with Crippen molar-refractivity contribution in [1.29, 1.82) is 0 Å². The highest BCUT2D eigenvalue weighted by molar-refractivity contribution is 7.91. The van der Waals surface area contributed by atoms with Gasteiger partial charge in [-0.25, -0.2) is 8.42 Å². The van der Waals surface area contributed by atoms with Crippen LogP contribution in [-0.2, 0) is 21.4 Å². The Morgan fingerprint density at radius 1 is 1.29 bits per heavy atom. The lowest BCUT2D eigenvalue weighted by Gasteiger charge is -2.02. The van der Waals surface area contributed by atoms with Gasteiger partial charge in [0.1, 0.15) is 0 Å².